The Morgan fingerprint density at radius 2 is 1.78 bits per heavy atom. The van der Waals surface area contributed by atoms with Crippen LogP contribution in [-0.4, -0.2) is 34.9 Å². The highest BCUT2D eigenvalue weighted by atomic mass is 32.1. The van der Waals surface area contributed by atoms with E-state index >= 15 is 0 Å². The van der Waals surface area contributed by atoms with Crippen molar-refractivity contribution < 1.29 is 14.2 Å². The molecular formula is C24H21N3O4S. The van der Waals surface area contributed by atoms with Crippen LogP contribution in [-0.2, 0) is 0 Å². The summed E-state index contributed by atoms with van der Waals surface area (Å²) in [6, 6.07) is 12.9. The predicted molar refractivity (Wildman–Crippen MR) is 126 cm³/mol. The van der Waals surface area contributed by atoms with Crippen LogP contribution in [0.15, 0.2) is 72.6 Å². The molecule has 2 heterocycles. The predicted octanol–water partition coefficient (Wildman–Crippen LogP) is 3.50. The van der Waals surface area contributed by atoms with E-state index in [0.29, 0.717) is 40.0 Å². The highest BCUT2D eigenvalue weighted by Crippen LogP contribution is 2.28. The minimum Gasteiger partial charge on any atom is -0.493 e. The number of hydrogen-bond acceptors (Lipinski definition) is 7. The first kappa shape index (κ1) is 21.3. The van der Waals surface area contributed by atoms with Gasteiger partial charge in [-0.3, -0.25) is 4.79 Å². The van der Waals surface area contributed by atoms with Crippen LogP contribution >= 0.6 is 11.3 Å². The van der Waals surface area contributed by atoms with Gasteiger partial charge >= 0.3 is 0 Å². The molecule has 8 heteroatoms. The third-order valence-corrected chi connectivity index (χ3v) is 5.46. The Labute approximate surface area is 188 Å². The SMILES string of the molecule is C=CCOc1ccc(-c2nc3sc(=Cc4ccc(OCC=C)c(OC)c4)c(=O)n3n2)cc1. The highest BCUT2D eigenvalue weighted by molar-refractivity contribution is 7.15. The van der Waals surface area contributed by atoms with Crippen molar-refractivity contribution in [2.45, 2.75) is 0 Å². The summed E-state index contributed by atoms with van der Waals surface area (Å²) in [6.45, 7) is 8.09. The monoisotopic (exact) mass is 447 g/mol. The molecule has 0 amide bonds. The van der Waals surface area contributed by atoms with Crippen molar-refractivity contribution >= 4 is 22.4 Å². The maximum absolute atomic E-state index is 12.9. The molecule has 0 aliphatic rings. The summed E-state index contributed by atoms with van der Waals surface area (Å²) < 4.78 is 18.3. The van der Waals surface area contributed by atoms with Gasteiger partial charge in [0.2, 0.25) is 4.96 Å². The van der Waals surface area contributed by atoms with E-state index in [9.17, 15) is 4.79 Å². The summed E-state index contributed by atoms with van der Waals surface area (Å²) in [5.41, 5.74) is 1.39. The smallest absolute Gasteiger partial charge is 0.291 e. The Morgan fingerprint density at radius 1 is 1.03 bits per heavy atom. The van der Waals surface area contributed by atoms with Crippen molar-refractivity contribution in [3.05, 3.63) is 88.2 Å². The van der Waals surface area contributed by atoms with Crippen LogP contribution in [0.3, 0.4) is 0 Å². The van der Waals surface area contributed by atoms with Crippen LogP contribution in [0.1, 0.15) is 5.56 Å². The zero-order chi connectivity index (χ0) is 22.5. The van der Waals surface area contributed by atoms with Gasteiger partial charge in [-0.25, -0.2) is 0 Å². The van der Waals surface area contributed by atoms with Gasteiger partial charge in [0.25, 0.3) is 5.56 Å². The Kier molecular flexibility index (Phi) is 6.32. The molecule has 0 bridgehead atoms. The number of ether oxygens (including phenoxy) is 3. The standard InChI is InChI=1S/C24H21N3O4S/c1-4-12-30-18-9-7-17(8-10-18)22-25-24-27(26-22)23(28)21(32-24)15-16-6-11-19(31-13-5-2)20(14-16)29-3/h4-11,14-15H,1-2,12-13H2,3H3. The first-order chi connectivity index (χ1) is 15.6. The Morgan fingerprint density at radius 3 is 2.47 bits per heavy atom. The Bertz CT molecular complexity index is 1370. The van der Waals surface area contributed by atoms with Gasteiger partial charge in [0.15, 0.2) is 17.3 Å². The summed E-state index contributed by atoms with van der Waals surface area (Å²) in [6.07, 6.45) is 5.13. The van der Waals surface area contributed by atoms with Crippen molar-refractivity contribution in [3.8, 4) is 28.6 Å². The zero-order valence-electron chi connectivity index (χ0n) is 17.5. The first-order valence-electron chi connectivity index (χ1n) is 9.80. The minimum absolute atomic E-state index is 0.222. The lowest BCUT2D eigenvalue weighted by Crippen LogP contribution is -2.23. The molecule has 2 aromatic carbocycles. The van der Waals surface area contributed by atoms with Crippen molar-refractivity contribution in [2.75, 3.05) is 20.3 Å². The molecule has 32 heavy (non-hydrogen) atoms. The second kappa shape index (κ2) is 9.49. The van der Waals surface area contributed by atoms with Crippen LogP contribution in [0.2, 0.25) is 0 Å². The normalized spacial score (nSPS) is 11.5. The summed E-state index contributed by atoms with van der Waals surface area (Å²) in [4.78, 5) is 17.9. The van der Waals surface area contributed by atoms with Crippen LogP contribution in [0.5, 0.6) is 17.2 Å². The van der Waals surface area contributed by atoms with E-state index in [4.69, 9.17) is 14.2 Å². The average Bonchev–Trinajstić information content (AvgIpc) is 3.36. The van der Waals surface area contributed by atoms with Gasteiger partial charge in [0.05, 0.1) is 11.6 Å². The van der Waals surface area contributed by atoms with Crippen LogP contribution in [0.25, 0.3) is 22.4 Å². The third kappa shape index (κ3) is 4.40. The van der Waals surface area contributed by atoms with E-state index in [1.54, 1.807) is 31.4 Å². The molecule has 4 rings (SSSR count). The van der Waals surface area contributed by atoms with E-state index in [1.165, 1.54) is 15.9 Å². The Balaban J connectivity index is 1.63. The molecule has 0 aliphatic heterocycles. The molecule has 0 aliphatic carbocycles. The molecule has 0 unspecified atom stereocenters. The largest absolute Gasteiger partial charge is 0.493 e. The lowest BCUT2D eigenvalue weighted by Gasteiger charge is -2.09. The Hall–Kier alpha value is -3.91. The number of rotatable bonds is 9. The fraction of sp³-hybridized carbons (Fsp3) is 0.125. The minimum atomic E-state index is -0.222. The summed E-state index contributed by atoms with van der Waals surface area (Å²) in [7, 11) is 1.57. The molecular weight excluding hydrogens is 426 g/mol. The molecule has 0 fully saturated rings. The maximum atomic E-state index is 12.9. The van der Waals surface area contributed by atoms with Crippen molar-refractivity contribution in [2.24, 2.45) is 0 Å². The number of fused-ring (bicyclic) bond motifs is 1. The van der Waals surface area contributed by atoms with Crippen molar-refractivity contribution in [3.63, 3.8) is 0 Å². The van der Waals surface area contributed by atoms with Gasteiger partial charge < -0.3 is 14.2 Å². The van der Waals surface area contributed by atoms with Gasteiger partial charge in [-0.1, -0.05) is 42.7 Å². The molecule has 0 spiro atoms. The van der Waals surface area contributed by atoms with E-state index in [1.807, 2.05) is 36.4 Å². The highest BCUT2D eigenvalue weighted by Gasteiger charge is 2.12. The fourth-order valence-corrected chi connectivity index (χ4v) is 3.91. The van der Waals surface area contributed by atoms with Gasteiger partial charge in [0.1, 0.15) is 19.0 Å². The second-order valence-corrected chi connectivity index (χ2v) is 7.69. The molecule has 0 N–H and O–H groups in total. The number of hydrogen-bond donors (Lipinski definition) is 0. The average molecular weight is 448 g/mol. The van der Waals surface area contributed by atoms with E-state index in [-0.39, 0.29) is 5.56 Å². The maximum Gasteiger partial charge on any atom is 0.291 e. The van der Waals surface area contributed by atoms with E-state index in [2.05, 4.69) is 23.2 Å². The van der Waals surface area contributed by atoms with Crippen LogP contribution in [0.4, 0.5) is 0 Å². The van der Waals surface area contributed by atoms with E-state index < -0.39 is 0 Å². The fourth-order valence-electron chi connectivity index (χ4n) is 3.00. The number of thiazole rings is 1. The van der Waals surface area contributed by atoms with Crippen molar-refractivity contribution in [1.82, 2.24) is 14.6 Å². The number of aromatic nitrogens is 3. The van der Waals surface area contributed by atoms with Crippen molar-refractivity contribution in [1.29, 1.82) is 0 Å². The lowest BCUT2D eigenvalue weighted by molar-refractivity contribution is 0.326. The molecule has 0 saturated heterocycles. The number of methoxy groups -OCH3 is 1. The summed E-state index contributed by atoms with van der Waals surface area (Å²) in [5, 5.41) is 4.39. The summed E-state index contributed by atoms with van der Waals surface area (Å²) in [5.74, 6) is 2.41. The number of nitrogens with zero attached hydrogens (tertiary/aromatic N) is 3. The van der Waals surface area contributed by atoms with Gasteiger partial charge in [-0.05, 0) is 48.0 Å². The van der Waals surface area contributed by atoms with Gasteiger partial charge in [0, 0.05) is 5.56 Å². The quantitative estimate of drug-likeness (QED) is 0.366. The molecule has 4 aromatic rings. The second-order valence-electron chi connectivity index (χ2n) is 6.68. The topological polar surface area (TPSA) is 75.0 Å². The molecule has 7 nitrogen and oxygen atoms in total. The first-order valence-corrected chi connectivity index (χ1v) is 10.6. The number of benzene rings is 2. The molecule has 162 valence electrons. The molecule has 0 radical (unpaired) electrons. The zero-order valence-corrected chi connectivity index (χ0v) is 18.3. The van der Waals surface area contributed by atoms with Crippen LogP contribution < -0.4 is 24.3 Å². The molecule has 0 saturated carbocycles. The van der Waals surface area contributed by atoms with Crippen LogP contribution in [0, 0.1) is 0 Å². The molecule has 2 aromatic heterocycles. The lowest BCUT2D eigenvalue weighted by atomic mass is 10.2. The van der Waals surface area contributed by atoms with E-state index in [0.717, 1.165) is 16.9 Å². The third-order valence-electron chi connectivity index (χ3n) is 4.50. The summed E-state index contributed by atoms with van der Waals surface area (Å²) >= 11 is 1.28. The van der Waals surface area contributed by atoms with Gasteiger partial charge in [-0.15, -0.1) is 5.10 Å². The molecule has 0 atom stereocenters. The van der Waals surface area contributed by atoms with Gasteiger partial charge in [-0.2, -0.15) is 9.50 Å².